The molecule has 0 spiro atoms. The summed E-state index contributed by atoms with van der Waals surface area (Å²) >= 11 is 5.11. The summed E-state index contributed by atoms with van der Waals surface area (Å²) in [4.78, 5) is 13.6. The van der Waals surface area contributed by atoms with E-state index in [0.717, 1.165) is 32.0 Å². The van der Waals surface area contributed by atoms with Crippen molar-refractivity contribution in [3.8, 4) is 0 Å². The number of rotatable bonds is 2. The predicted molar refractivity (Wildman–Crippen MR) is 81.9 cm³/mol. The Kier molecular flexibility index (Phi) is 3.22. The minimum Gasteiger partial charge on any atom is -0.283 e. The third-order valence-corrected chi connectivity index (χ3v) is 4.14. The van der Waals surface area contributed by atoms with Crippen LogP contribution in [0.3, 0.4) is 0 Å². The SMILES string of the molecule is CSc1ncc2cc(Br)c3nc(C(C)C)cn3c2n1. The van der Waals surface area contributed by atoms with Crippen LogP contribution in [0.2, 0.25) is 0 Å². The first-order valence-corrected chi connectivity index (χ1v) is 8.00. The highest BCUT2D eigenvalue weighted by molar-refractivity contribution is 9.10. The van der Waals surface area contributed by atoms with Crippen LogP contribution in [-0.2, 0) is 0 Å². The summed E-state index contributed by atoms with van der Waals surface area (Å²) in [6.07, 6.45) is 5.89. The molecule has 0 aliphatic rings. The van der Waals surface area contributed by atoms with Crippen LogP contribution in [0.4, 0.5) is 0 Å². The van der Waals surface area contributed by atoms with E-state index in [9.17, 15) is 0 Å². The van der Waals surface area contributed by atoms with Crippen LogP contribution in [0.5, 0.6) is 0 Å². The van der Waals surface area contributed by atoms with Crippen molar-refractivity contribution in [3.05, 3.63) is 28.6 Å². The number of hydrogen-bond donors (Lipinski definition) is 0. The van der Waals surface area contributed by atoms with Gasteiger partial charge in [0, 0.05) is 17.8 Å². The van der Waals surface area contributed by atoms with E-state index in [1.165, 1.54) is 0 Å². The molecule has 19 heavy (non-hydrogen) atoms. The highest BCUT2D eigenvalue weighted by Crippen LogP contribution is 2.26. The van der Waals surface area contributed by atoms with E-state index < -0.39 is 0 Å². The number of fused-ring (bicyclic) bond motifs is 3. The summed E-state index contributed by atoms with van der Waals surface area (Å²) in [5, 5.41) is 1.78. The minimum absolute atomic E-state index is 0.392. The van der Waals surface area contributed by atoms with Gasteiger partial charge in [0.15, 0.2) is 10.8 Å². The van der Waals surface area contributed by atoms with Crippen LogP contribution in [0.25, 0.3) is 16.7 Å². The second kappa shape index (κ2) is 4.76. The predicted octanol–water partition coefficient (Wildman–Crippen LogP) is 3.89. The molecule has 3 aromatic heterocycles. The van der Waals surface area contributed by atoms with Gasteiger partial charge in [0.2, 0.25) is 0 Å². The molecule has 0 bridgehead atoms. The van der Waals surface area contributed by atoms with E-state index in [4.69, 9.17) is 0 Å². The molecule has 0 unspecified atom stereocenters. The highest BCUT2D eigenvalue weighted by atomic mass is 79.9. The van der Waals surface area contributed by atoms with Gasteiger partial charge in [-0.25, -0.2) is 15.0 Å². The maximum absolute atomic E-state index is 4.67. The van der Waals surface area contributed by atoms with Gasteiger partial charge >= 0.3 is 0 Å². The zero-order chi connectivity index (χ0) is 13.6. The molecule has 4 nitrogen and oxygen atoms in total. The standard InChI is InChI=1S/C13H13BrN4S/c1-7(2)10-6-18-11-8(4-9(14)12(18)16-10)5-15-13(17-11)19-3/h4-7H,1-3H3. The molecule has 0 aromatic carbocycles. The Morgan fingerprint density at radius 2 is 2.05 bits per heavy atom. The molecule has 3 aromatic rings. The molecular formula is C13H13BrN4S. The summed E-state index contributed by atoms with van der Waals surface area (Å²) in [5.41, 5.74) is 2.87. The van der Waals surface area contributed by atoms with E-state index in [1.807, 2.05) is 22.9 Å². The van der Waals surface area contributed by atoms with Crippen LogP contribution in [0.15, 0.2) is 28.1 Å². The van der Waals surface area contributed by atoms with Crippen LogP contribution in [-0.4, -0.2) is 25.6 Å². The van der Waals surface area contributed by atoms with Crippen LogP contribution < -0.4 is 0 Å². The average Bonchev–Trinajstić information content (AvgIpc) is 2.84. The van der Waals surface area contributed by atoms with Gasteiger partial charge < -0.3 is 0 Å². The lowest BCUT2D eigenvalue weighted by Gasteiger charge is -2.03. The average molecular weight is 337 g/mol. The summed E-state index contributed by atoms with van der Waals surface area (Å²) < 4.78 is 3.00. The molecule has 3 rings (SSSR count). The number of imidazole rings is 1. The van der Waals surface area contributed by atoms with Gasteiger partial charge in [-0.05, 0) is 34.2 Å². The quantitative estimate of drug-likeness (QED) is 0.526. The topological polar surface area (TPSA) is 43.1 Å². The first-order valence-electron chi connectivity index (χ1n) is 5.98. The molecule has 98 valence electrons. The first-order chi connectivity index (χ1) is 9.10. The summed E-state index contributed by atoms with van der Waals surface area (Å²) in [5.74, 6) is 0.392. The van der Waals surface area contributed by atoms with E-state index in [2.05, 4.69) is 50.9 Å². The van der Waals surface area contributed by atoms with Crippen LogP contribution in [0, 0.1) is 0 Å². The largest absolute Gasteiger partial charge is 0.283 e. The third-order valence-electron chi connectivity index (χ3n) is 3.00. The Bertz CT molecular complexity index is 766. The van der Waals surface area contributed by atoms with Crippen molar-refractivity contribution < 1.29 is 0 Å². The minimum atomic E-state index is 0.392. The zero-order valence-electron chi connectivity index (χ0n) is 10.9. The van der Waals surface area contributed by atoms with Crippen molar-refractivity contribution >= 4 is 44.4 Å². The molecule has 0 radical (unpaired) electrons. The maximum atomic E-state index is 4.67. The number of nitrogens with zero attached hydrogens (tertiary/aromatic N) is 4. The first kappa shape index (κ1) is 12.9. The Balaban J connectivity index is 2.41. The van der Waals surface area contributed by atoms with Crippen LogP contribution in [0.1, 0.15) is 25.5 Å². The lowest BCUT2D eigenvalue weighted by atomic mass is 10.2. The molecule has 6 heteroatoms. The highest BCUT2D eigenvalue weighted by Gasteiger charge is 2.12. The lowest BCUT2D eigenvalue weighted by Crippen LogP contribution is -1.94. The number of thioether (sulfide) groups is 1. The molecular weight excluding hydrogens is 324 g/mol. The van der Waals surface area contributed by atoms with E-state index in [0.29, 0.717) is 5.92 Å². The van der Waals surface area contributed by atoms with E-state index >= 15 is 0 Å². The van der Waals surface area contributed by atoms with Gasteiger partial charge in [-0.15, -0.1) is 0 Å². The van der Waals surface area contributed by atoms with Gasteiger partial charge in [-0.1, -0.05) is 25.6 Å². The molecule has 0 fully saturated rings. The van der Waals surface area contributed by atoms with Gasteiger partial charge in [-0.3, -0.25) is 4.40 Å². The van der Waals surface area contributed by atoms with Gasteiger partial charge in [0.25, 0.3) is 0 Å². The molecule has 3 heterocycles. The smallest absolute Gasteiger partial charge is 0.189 e. The maximum Gasteiger partial charge on any atom is 0.189 e. The van der Waals surface area contributed by atoms with Crippen LogP contribution >= 0.6 is 27.7 Å². The fraction of sp³-hybridized carbons (Fsp3) is 0.308. The number of aromatic nitrogens is 4. The van der Waals surface area contributed by atoms with Crippen molar-refractivity contribution in [2.24, 2.45) is 0 Å². The second-order valence-corrected chi connectivity index (χ2v) is 6.27. The fourth-order valence-corrected chi connectivity index (χ4v) is 2.83. The Labute approximate surface area is 123 Å². The van der Waals surface area contributed by atoms with E-state index in [-0.39, 0.29) is 0 Å². The third kappa shape index (κ3) is 2.12. The summed E-state index contributed by atoms with van der Waals surface area (Å²) in [6, 6.07) is 2.02. The van der Waals surface area contributed by atoms with E-state index in [1.54, 1.807) is 11.8 Å². The molecule has 0 aliphatic carbocycles. The van der Waals surface area contributed by atoms with Crippen molar-refractivity contribution in [1.29, 1.82) is 0 Å². The van der Waals surface area contributed by atoms with Gasteiger partial charge in [0.05, 0.1) is 10.2 Å². The second-order valence-electron chi connectivity index (χ2n) is 4.64. The molecule has 0 atom stereocenters. The molecule has 0 amide bonds. The number of pyridine rings is 1. The number of halogens is 1. The zero-order valence-corrected chi connectivity index (χ0v) is 13.3. The molecule has 0 aliphatic heterocycles. The molecule has 0 saturated heterocycles. The number of hydrogen-bond acceptors (Lipinski definition) is 4. The Morgan fingerprint density at radius 1 is 1.26 bits per heavy atom. The van der Waals surface area contributed by atoms with Gasteiger partial charge in [-0.2, -0.15) is 0 Å². The lowest BCUT2D eigenvalue weighted by molar-refractivity contribution is 0.834. The molecule has 0 saturated carbocycles. The summed E-state index contributed by atoms with van der Waals surface area (Å²) in [6.45, 7) is 4.28. The van der Waals surface area contributed by atoms with Crippen molar-refractivity contribution in [2.45, 2.75) is 24.9 Å². The summed E-state index contributed by atoms with van der Waals surface area (Å²) in [7, 11) is 0. The normalized spacial score (nSPS) is 11.8. The fourth-order valence-electron chi connectivity index (χ4n) is 1.97. The Hall–Kier alpha value is -1.14. The molecule has 0 N–H and O–H groups in total. The monoisotopic (exact) mass is 336 g/mol. The van der Waals surface area contributed by atoms with Gasteiger partial charge in [0.1, 0.15) is 5.65 Å². The van der Waals surface area contributed by atoms with Crippen molar-refractivity contribution in [3.63, 3.8) is 0 Å². The Morgan fingerprint density at radius 3 is 2.74 bits per heavy atom. The van der Waals surface area contributed by atoms with Crippen molar-refractivity contribution in [1.82, 2.24) is 19.4 Å². The van der Waals surface area contributed by atoms with Crippen molar-refractivity contribution in [2.75, 3.05) is 6.26 Å².